The first kappa shape index (κ1) is 31.0. The molecule has 1 aromatic carbocycles. The molecule has 0 bridgehead atoms. The Bertz CT molecular complexity index is 1160. The molecule has 2 saturated heterocycles. The Hall–Kier alpha value is -4.52. The van der Waals surface area contributed by atoms with Crippen molar-refractivity contribution in [2.75, 3.05) is 52.5 Å². The fourth-order valence-electron chi connectivity index (χ4n) is 4.75. The third-order valence-corrected chi connectivity index (χ3v) is 6.55. The lowest BCUT2D eigenvalue weighted by molar-refractivity contribution is -0.189. The highest BCUT2D eigenvalue weighted by Gasteiger charge is 2.51. The first-order valence-corrected chi connectivity index (χ1v) is 13.3. The number of nitrogens with zero attached hydrogens (tertiary/aromatic N) is 4. The number of ether oxygens (including phenoxy) is 2. The molecule has 0 aromatic heterocycles. The van der Waals surface area contributed by atoms with Gasteiger partial charge in [-0.2, -0.15) is 5.01 Å². The molecular weight excluding hydrogens is 528 g/mol. The van der Waals surface area contributed by atoms with E-state index < -0.39 is 24.3 Å². The maximum absolute atomic E-state index is 13.6. The minimum Gasteiger partial charge on any atom is -0.445 e. The predicted octanol–water partition coefficient (Wildman–Crippen LogP) is 0.770. The van der Waals surface area contributed by atoms with E-state index in [0.29, 0.717) is 6.42 Å². The SMILES string of the molecule is C#CCOCCN1C[C@H]2N(C(=O)CN(CC#C)N2C(=O)NCc2ccccc2)[C@@H](CCCNC(=O)OCC=C)C1=O. The van der Waals surface area contributed by atoms with E-state index in [1.165, 1.54) is 21.0 Å². The molecule has 2 atom stereocenters. The average Bonchev–Trinajstić information content (AvgIpc) is 2.97. The van der Waals surface area contributed by atoms with Crippen LogP contribution in [-0.4, -0.2) is 109 Å². The number of benzene rings is 1. The second-order valence-corrected chi connectivity index (χ2v) is 9.31. The number of carbonyl (C=O) groups is 4. The second-order valence-electron chi connectivity index (χ2n) is 9.31. The highest BCUT2D eigenvalue weighted by atomic mass is 16.5. The lowest BCUT2D eigenvalue weighted by atomic mass is 10.0. The number of urea groups is 1. The Kier molecular flexibility index (Phi) is 12.0. The summed E-state index contributed by atoms with van der Waals surface area (Å²) < 4.78 is 10.3. The molecule has 2 aliphatic heterocycles. The van der Waals surface area contributed by atoms with Crippen molar-refractivity contribution in [1.82, 2.24) is 30.5 Å². The summed E-state index contributed by atoms with van der Waals surface area (Å²) in [4.78, 5) is 55.4. The van der Waals surface area contributed by atoms with Crippen LogP contribution in [0, 0.1) is 24.7 Å². The molecule has 12 heteroatoms. The van der Waals surface area contributed by atoms with E-state index in [0.717, 1.165) is 5.56 Å². The van der Waals surface area contributed by atoms with E-state index in [2.05, 4.69) is 29.1 Å². The molecule has 0 aliphatic carbocycles. The number of rotatable bonds is 13. The summed E-state index contributed by atoms with van der Waals surface area (Å²) in [5.74, 6) is 4.30. The molecule has 2 heterocycles. The first-order valence-electron chi connectivity index (χ1n) is 13.3. The van der Waals surface area contributed by atoms with E-state index >= 15 is 0 Å². The Morgan fingerprint density at radius 3 is 2.63 bits per heavy atom. The van der Waals surface area contributed by atoms with Gasteiger partial charge >= 0.3 is 12.1 Å². The Morgan fingerprint density at radius 1 is 1.15 bits per heavy atom. The topological polar surface area (TPSA) is 124 Å². The van der Waals surface area contributed by atoms with E-state index in [9.17, 15) is 19.2 Å². The van der Waals surface area contributed by atoms with Crippen LogP contribution in [0.2, 0.25) is 0 Å². The van der Waals surface area contributed by atoms with Gasteiger partial charge in [-0.3, -0.25) is 9.59 Å². The third kappa shape index (κ3) is 8.48. The van der Waals surface area contributed by atoms with E-state index in [1.807, 2.05) is 30.3 Å². The van der Waals surface area contributed by atoms with Crippen LogP contribution in [0.25, 0.3) is 0 Å². The van der Waals surface area contributed by atoms with Crippen molar-refractivity contribution >= 4 is 23.9 Å². The normalized spacial score (nSPS) is 18.6. The molecule has 41 heavy (non-hydrogen) atoms. The molecule has 0 radical (unpaired) electrons. The lowest BCUT2D eigenvalue weighted by Gasteiger charge is -2.55. The maximum atomic E-state index is 13.6. The molecule has 3 rings (SSSR count). The van der Waals surface area contributed by atoms with Crippen LogP contribution >= 0.6 is 0 Å². The maximum Gasteiger partial charge on any atom is 0.407 e. The van der Waals surface area contributed by atoms with Gasteiger partial charge in [0.25, 0.3) is 0 Å². The van der Waals surface area contributed by atoms with Crippen LogP contribution in [0.3, 0.4) is 0 Å². The van der Waals surface area contributed by atoms with Gasteiger partial charge < -0.3 is 29.9 Å². The molecule has 0 saturated carbocycles. The number of alkyl carbamates (subject to hydrolysis) is 1. The largest absolute Gasteiger partial charge is 0.445 e. The molecule has 0 unspecified atom stereocenters. The molecule has 1 aromatic rings. The summed E-state index contributed by atoms with van der Waals surface area (Å²) in [6.45, 7) is 4.48. The van der Waals surface area contributed by atoms with Crippen LogP contribution in [0.15, 0.2) is 43.0 Å². The second kappa shape index (κ2) is 15.9. The summed E-state index contributed by atoms with van der Waals surface area (Å²) in [6.07, 6.45) is 11.5. The highest BCUT2D eigenvalue weighted by molar-refractivity contribution is 5.91. The minimum atomic E-state index is -0.864. The number of nitrogens with one attached hydrogen (secondary N) is 2. The van der Waals surface area contributed by atoms with Crippen molar-refractivity contribution in [2.45, 2.75) is 31.6 Å². The zero-order valence-corrected chi connectivity index (χ0v) is 23.0. The van der Waals surface area contributed by atoms with E-state index in [-0.39, 0.29) is 77.3 Å². The number of fused-ring (bicyclic) bond motifs is 1. The van der Waals surface area contributed by atoms with Crippen molar-refractivity contribution in [3.05, 3.63) is 48.6 Å². The first-order chi connectivity index (χ1) is 19.9. The molecule has 5 amide bonds. The van der Waals surface area contributed by atoms with Crippen LogP contribution in [-0.2, 0) is 25.6 Å². The van der Waals surface area contributed by atoms with Crippen LogP contribution in [0.4, 0.5) is 9.59 Å². The molecule has 12 nitrogen and oxygen atoms in total. The number of terminal acetylenes is 2. The third-order valence-electron chi connectivity index (χ3n) is 6.55. The zero-order chi connectivity index (χ0) is 29.6. The number of hydrogen-bond donors (Lipinski definition) is 2. The van der Waals surface area contributed by atoms with E-state index in [4.69, 9.17) is 22.3 Å². The Balaban J connectivity index is 1.81. The molecule has 218 valence electrons. The van der Waals surface area contributed by atoms with Gasteiger partial charge in [-0.05, 0) is 18.4 Å². The van der Waals surface area contributed by atoms with E-state index in [1.54, 1.807) is 4.90 Å². The summed E-state index contributed by atoms with van der Waals surface area (Å²) in [5.41, 5.74) is 0.900. The van der Waals surface area contributed by atoms with Crippen LogP contribution < -0.4 is 10.6 Å². The monoisotopic (exact) mass is 564 g/mol. The van der Waals surface area contributed by atoms with Crippen LogP contribution in [0.5, 0.6) is 0 Å². The summed E-state index contributed by atoms with van der Waals surface area (Å²) in [7, 11) is 0. The van der Waals surface area contributed by atoms with Crippen molar-refractivity contribution < 1.29 is 28.7 Å². The van der Waals surface area contributed by atoms with Gasteiger partial charge in [0.15, 0.2) is 0 Å². The smallest absolute Gasteiger partial charge is 0.407 e. The van der Waals surface area contributed by atoms with Crippen molar-refractivity contribution in [2.24, 2.45) is 0 Å². The number of hydrogen-bond acceptors (Lipinski definition) is 7. The molecule has 2 fully saturated rings. The van der Waals surface area contributed by atoms with Crippen molar-refractivity contribution in [3.8, 4) is 24.7 Å². The minimum absolute atomic E-state index is 0.0233. The fourth-order valence-corrected chi connectivity index (χ4v) is 4.75. The Morgan fingerprint density at radius 2 is 1.93 bits per heavy atom. The number of carbonyl (C=O) groups excluding carboxylic acids is 4. The van der Waals surface area contributed by atoms with Gasteiger partial charge in [0.2, 0.25) is 11.8 Å². The molecule has 0 spiro atoms. The van der Waals surface area contributed by atoms with Crippen LogP contribution in [0.1, 0.15) is 18.4 Å². The summed E-state index contributed by atoms with van der Waals surface area (Å²) in [5, 5.41) is 8.47. The summed E-state index contributed by atoms with van der Waals surface area (Å²) >= 11 is 0. The van der Waals surface area contributed by atoms with Gasteiger partial charge in [-0.25, -0.2) is 14.6 Å². The standard InChI is InChI=1S/C29H36N6O6/c1-4-15-33-22-26(36)34-24(13-10-14-30-29(39)41-18-6-3)27(37)32(16-19-40-17-5-2)21-25(34)35(33)28(38)31-20-23-11-8-7-9-12-23/h1-2,6-9,11-12,24-25H,3,10,13-22H2,(H,30,39)(H,31,38)/t24-,25-/m0/s1. The van der Waals surface area contributed by atoms with Gasteiger partial charge in [-0.15, -0.1) is 12.8 Å². The van der Waals surface area contributed by atoms with Gasteiger partial charge in [0, 0.05) is 19.6 Å². The van der Waals surface area contributed by atoms with Crippen molar-refractivity contribution in [3.63, 3.8) is 0 Å². The number of amides is 5. The highest BCUT2D eigenvalue weighted by Crippen LogP contribution is 2.28. The zero-order valence-electron chi connectivity index (χ0n) is 23.0. The summed E-state index contributed by atoms with van der Waals surface area (Å²) in [6, 6.07) is 8.10. The Labute approximate surface area is 240 Å². The molecular formula is C29H36N6O6. The fraction of sp³-hybridized carbons (Fsp3) is 0.448. The number of piperazine rings is 1. The van der Waals surface area contributed by atoms with Gasteiger partial charge in [0.1, 0.15) is 25.4 Å². The van der Waals surface area contributed by atoms with Crippen molar-refractivity contribution in [1.29, 1.82) is 0 Å². The molecule has 2 N–H and O–H groups in total. The lowest BCUT2D eigenvalue weighted by Crippen LogP contribution is -2.76. The molecule has 2 aliphatic rings. The number of hydrazine groups is 1. The van der Waals surface area contributed by atoms with Gasteiger partial charge in [0.05, 0.1) is 26.2 Å². The predicted molar refractivity (Wildman–Crippen MR) is 150 cm³/mol. The average molecular weight is 565 g/mol. The van der Waals surface area contributed by atoms with Gasteiger partial charge in [-0.1, -0.05) is 54.8 Å². The quantitative estimate of drug-likeness (QED) is 0.206.